The van der Waals surface area contributed by atoms with Gasteiger partial charge in [-0.3, -0.25) is 9.59 Å². The summed E-state index contributed by atoms with van der Waals surface area (Å²) in [6, 6.07) is 15.9. The highest BCUT2D eigenvalue weighted by atomic mass is 35.5. The summed E-state index contributed by atoms with van der Waals surface area (Å²) >= 11 is 6.31. The van der Waals surface area contributed by atoms with Crippen molar-refractivity contribution in [3.8, 4) is 0 Å². The van der Waals surface area contributed by atoms with E-state index >= 15 is 0 Å². The largest absolute Gasteiger partial charge is 0.355 e. The molecular weight excluding hydrogens is 422 g/mol. The Morgan fingerprint density at radius 3 is 2.31 bits per heavy atom. The van der Waals surface area contributed by atoms with Gasteiger partial charge in [-0.05, 0) is 62.0 Å². The van der Waals surface area contributed by atoms with Crippen molar-refractivity contribution in [3.05, 3.63) is 70.2 Å². The summed E-state index contributed by atoms with van der Waals surface area (Å²) < 4.78 is 0. The Kier molecular flexibility index (Phi) is 10.2. The average molecular weight is 458 g/mol. The molecule has 0 saturated heterocycles. The number of benzene rings is 2. The van der Waals surface area contributed by atoms with Gasteiger partial charge in [-0.15, -0.1) is 0 Å². The summed E-state index contributed by atoms with van der Waals surface area (Å²) in [5.74, 6) is 0.599. The molecule has 0 heterocycles. The SMILES string of the molecule is CNC(=O)c1ccc(CC(CNC(=O)CC(CC(C)C)c2ccccc2)N(C)C)cc1Cl. The fraction of sp³-hybridized carbons (Fsp3) is 0.462. The fourth-order valence-corrected chi connectivity index (χ4v) is 4.16. The van der Waals surface area contributed by atoms with Crippen molar-refractivity contribution >= 4 is 23.4 Å². The lowest BCUT2D eigenvalue weighted by Gasteiger charge is -2.26. The first kappa shape index (κ1) is 25.9. The van der Waals surface area contributed by atoms with Gasteiger partial charge in [-0.1, -0.05) is 61.8 Å². The fourth-order valence-electron chi connectivity index (χ4n) is 3.87. The van der Waals surface area contributed by atoms with Crippen molar-refractivity contribution in [1.29, 1.82) is 0 Å². The smallest absolute Gasteiger partial charge is 0.252 e. The van der Waals surface area contributed by atoms with Crippen LogP contribution in [0.5, 0.6) is 0 Å². The predicted octanol–water partition coefficient (Wildman–Crippen LogP) is 4.51. The molecule has 0 aliphatic heterocycles. The molecule has 0 fully saturated rings. The highest BCUT2D eigenvalue weighted by molar-refractivity contribution is 6.33. The molecule has 0 saturated carbocycles. The van der Waals surface area contributed by atoms with E-state index in [2.05, 4.69) is 41.5 Å². The zero-order chi connectivity index (χ0) is 23.7. The summed E-state index contributed by atoms with van der Waals surface area (Å²) in [7, 11) is 5.59. The molecule has 0 bridgehead atoms. The summed E-state index contributed by atoms with van der Waals surface area (Å²) in [6.07, 6.45) is 2.18. The Bertz CT molecular complexity index is 884. The molecule has 32 heavy (non-hydrogen) atoms. The maximum atomic E-state index is 12.8. The molecule has 2 aromatic carbocycles. The molecular formula is C26H36ClN3O2. The minimum absolute atomic E-state index is 0.0688. The monoisotopic (exact) mass is 457 g/mol. The molecule has 2 amide bonds. The van der Waals surface area contributed by atoms with Crippen LogP contribution in [0, 0.1) is 5.92 Å². The second-order valence-corrected chi connectivity index (χ2v) is 9.37. The van der Waals surface area contributed by atoms with E-state index in [1.165, 1.54) is 5.56 Å². The zero-order valence-corrected chi connectivity index (χ0v) is 20.6. The number of nitrogens with zero attached hydrogens (tertiary/aromatic N) is 1. The van der Waals surface area contributed by atoms with Gasteiger partial charge in [0.25, 0.3) is 5.91 Å². The normalized spacial score (nSPS) is 13.1. The Morgan fingerprint density at radius 1 is 1.06 bits per heavy atom. The second kappa shape index (κ2) is 12.6. The summed E-state index contributed by atoms with van der Waals surface area (Å²) in [5.41, 5.74) is 2.70. The number of hydrogen-bond donors (Lipinski definition) is 2. The van der Waals surface area contributed by atoms with Crippen LogP contribution in [0.1, 0.15) is 54.1 Å². The third kappa shape index (κ3) is 7.95. The van der Waals surface area contributed by atoms with Gasteiger partial charge in [0.15, 0.2) is 0 Å². The molecule has 6 heteroatoms. The molecule has 0 spiro atoms. The van der Waals surface area contributed by atoms with E-state index < -0.39 is 0 Å². The molecule has 0 aliphatic rings. The van der Waals surface area contributed by atoms with Crippen LogP contribution in [0.2, 0.25) is 5.02 Å². The predicted molar refractivity (Wildman–Crippen MR) is 132 cm³/mol. The van der Waals surface area contributed by atoms with E-state index in [1.54, 1.807) is 13.1 Å². The van der Waals surface area contributed by atoms with Crippen LogP contribution in [0.4, 0.5) is 0 Å². The van der Waals surface area contributed by atoms with Crippen LogP contribution >= 0.6 is 11.6 Å². The van der Waals surface area contributed by atoms with E-state index in [-0.39, 0.29) is 23.8 Å². The maximum absolute atomic E-state index is 12.8. The van der Waals surface area contributed by atoms with Gasteiger partial charge in [0, 0.05) is 26.1 Å². The Hall–Kier alpha value is -2.37. The molecule has 2 atom stereocenters. The van der Waals surface area contributed by atoms with Crippen molar-refractivity contribution in [3.63, 3.8) is 0 Å². The molecule has 0 aliphatic carbocycles. The number of halogens is 1. The van der Waals surface area contributed by atoms with Gasteiger partial charge in [0.2, 0.25) is 5.91 Å². The molecule has 174 valence electrons. The molecule has 2 N–H and O–H groups in total. The van der Waals surface area contributed by atoms with Gasteiger partial charge in [0.05, 0.1) is 10.6 Å². The molecule has 0 aromatic heterocycles. The average Bonchev–Trinajstić information content (AvgIpc) is 2.75. The van der Waals surface area contributed by atoms with Crippen molar-refractivity contribution in [1.82, 2.24) is 15.5 Å². The van der Waals surface area contributed by atoms with E-state index in [4.69, 9.17) is 11.6 Å². The van der Waals surface area contributed by atoms with Crippen molar-refractivity contribution in [2.45, 2.75) is 45.1 Å². The summed E-state index contributed by atoms with van der Waals surface area (Å²) in [4.78, 5) is 26.8. The topological polar surface area (TPSA) is 61.4 Å². The molecule has 2 rings (SSSR count). The first-order valence-electron chi connectivity index (χ1n) is 11.2. The first-order chi connectivity index (χ1) is 15.2. The number of carbonyl (C=O) groups excluding carboxylic acids is 2. The van der Waals surface area contributed by atoms with Crippen LogP contribution in [0.15, 0.2) is 48.5 Å². The van der Waals surface area contributed by atoms with Gasteiger partial charge in [-0.25, -0.2) is 0 Å². The number of nitrogens with one attached hydrogen (secondary N) is 2. The number of amides is 2. The molecule has 0 radical (unpaired) electrons. The number of likely N-dealkylation sites (N-methyl/N-ethyl adjacent to an activating group) is 1. The van der Waals surface area contributed by atoms with Gasteiger partial charge >= 0.3 is 0 Å². The minimum Gasteiger partial charge on any atom is -0.355 e. The lowest BCUT2D eigenvalue weighted by atomic mass is 9.87. The number of hydrogen-bond acceptors (Lipinski definition) is 3. The van der Waals surface area contributed by atoms with E-state index in [1.807, 2.05) is 44.4 Å². The highest BCUT2D eigenvalue weighted by Crippen LogP contribution is 2.27. The van der Waals surface area contributed by atoms with Crippen molar-refractivity contribution in [2.24, 2.45) is 5.92 Å². The van der Waals surface area contributed by atoms with Gasteiger partial charge in [-0.2, -0.15) is 0 Å². The van der Waals surface area contributed by atoms with Crippen LogP contribution in [0.25, 0.3) is 0 Å². The summed E-state index contributed by atoms with van der Waals surface area (Å²) in [6.45, 7) is 4.93. The van der Waals surface area contributed by atoms with Crippen LogP contribution in [0.3, 0.4) is 0 Å². The lowest BCUT2D eigenvalue weighted by Crippen LogP contribution is -2.42. The summed E-state index contributed by atoms with van der Waals surface area (Å²) in [5, 5.41) is 6.16. The first-order valence-corrected chi connectivity index (χ1v) is 11.6. The maximum Gasteiger partial charge on any atom is 0.252 e. The van der Waals surface area contributed by atoms with Gasteiger partial charge in [0.1, 0.15) is 0 Å². The Labute approximate surface area is 197 Å². The molecule has 2 aromatic rings. The molecule has 2 unspecified atom stereocenters. The van der Waals surface area contributed by atoms with Crippen LogP contribution in [-0.4, -0.2) is 50.4 Å². The quantitative estimate of drug-likeness (QED) is 0.522. The van der Waals surface area contributed by atoms with Gasteiger partial charge < -0.3 is 15.5 Å². The van der Waals surface area contributed by atoms with Crippen molar-refractivity contribution < 1.29 is 9.59 Å². The van der Waals surface area contributed by atoms with E-state index in [9.17, 15) is 9.59 Å². The highest BCUT2D eigenvalue weighted by Gasteiger charge is 2.20. The van der Waals surface area contributed by atoms with Crippen LogP contribution in [-0.2, 0) is 11.2 Å². The van der Waals surface area contributed by atoms with E-state index in [0.29, 0.717) is 29.5 Å². The van der Waals surface area contributed by atoms with Crippen LogP contribution < -0.4 is 10.6 Å². The third-order valence-electron chi connectivity index (χ3n) is 5.70. The zero-order valence-electron chi connectivity index (χ0n) is 19.8. The van der Waals surface area contributed by atoms with Crippen molar-refractivity contribution in [2.75, 3.05) is 27.7 Å². The number of carbonyl (C=O) groups is 2. The Morgan fingerprint density at radius 2 is 1.75 bits per heavy atom. The number of rotatable bonds is 11. The lowest BCUT2D eigenvalue weighted by molar-refractivity contribution is -0.121. The van der Waals surface area contributed by atoms with E-state index in [0.717, 1.165) is 18.4 Å². The standard InChI is InChI=1S/C26H36ClN3O2/c1-18(2)13-21(20-9-7-6-8-10-20)16-25(31)29-17-22(30(4)5)14-19-11-12-23(24(27)15-19)26(32)28-3/h6-12,15,18,21-22H,13-14,16-17H2,1-5H3,(H,28,32)(H,29,31). The second-order valence-electron chi connectivity index (χ2n) is 8.96. The third-order valence-corrected chi connectivity index (χ3v) is 6.01. The minimum atomic E-state index is -0.202. The molecule has 5 nitrogen and oxygen atoms in total. The Balaban J connectivity index is 2.00.